The molecule has 0 aromatic heterocycles. The van der Waals surface area contributed by atoms with Crippen molar-refractivity contribution >= 4 is 5.97 Å². The smallest absolute Gasteiger partial charge is 0.306 e. The van der Waals surface area contributed by atoms with E-state index in [-0.39, 0.29) is 6.42 Å². The quantitative estimate of drug-likeness (QED) is 0.761. The van der Waals surface area contributed by atoms with E-state index in [1.807, 2.05) is 67.6 Å². The van der Waals surface area contributed by atoms with Gasteiger partial charge in [0.05, 0.1) is 12.0 Å². The van der Waals surface area contributed by atoms with Gasteiger partial charge in [0.2, 0.25) is 0 Å². The fourth-order valence-electron chi connectivity index (χ4n) is 3.16. The molecule has 24 heavy (non-hydrogen) atoms. The van der Waals surface area contributed by atoms with Crippen LogP contribution in [0.2, 0.25) is 0 Å². The molecule has 0 amide bonds. The van der Waals surface area contributed by atoms with Crippen molar-refractivity contribution in [3.8, 4) is 6.07 Å². The van der Waals surface area contributed by atoms with E-state index in [9.17, 15) is 15.2 Å². The molecular formula is C21H23NO2. The molecule has 0 saturated carbocycles. The van der Waals surface area contributed by atoms with Crippen molar-refractivity contribution in [3.05, 3.63) is 71.8 Å². The molecule has 0 saturated heterocycles. The lowest BCUT2D eigenvalue weighted by Crippen LogP contribution is -2.32. The van der Waals surface area contributed by atoms with E-state index in [0.29, 0.717) is 6.42 Å². The fourth-order valence-corrected chi connectivity index (χ4v) is 3.16. The molecule has 0 radical (unpaired) electrons. The molecule has 0 heterocycles. The second-order valence-corrected chi connectivity index (χ2v) is 6.13. The normalized spacial score (nSPS) is 12.3. The minimum absolute atomic E-state index is 0.285. The van der Waals surface area contributed by atoms with Crippen LogP contribution in [0.3, 0.4) is 0 Å². The number of carboxylic acids is 1. The number of carboxylic acid groups (broad SMARTS) is 1. The van der Waals surface area contributed by atoms with Gasteiger partial charge in [0, 0.05) is 0 Å². The highest BCUT2D eigenvalue weighted by atomic mass is 16.4. The zero-order valence-electron chi connectivity index (χ0n) is 14.0. The predicted molar refractivity (Wildman–Crippen MR) is 94.5 cm³/mol. The molecule has 0 aliphatic heterocycles. The first-order chi connectivity index (χ1) is 11.6. The van der Waals surface area contributed by atoms with Crippen LogP contribution >= 0.6 is 0 Å². The molecule has 0 spiro atoms. The molecule has 2 aromatic carbocycles. The zero-order chi connectivity index (χ0) is 17.4. The molecule has 0 aliphatic rings. The van der Waals surface area contributed by atoms with Crippen LogP contribution in [0.5, 0.6) is 0 Å². The van der Waals surface area contributed by atoms with E-state index in [1.54, 1.807) is 0 Å². The summed E-state index contributed by atoms with van der Waals surface area (Å²) in [6, 6.07) is 21.5. The van der Waals surface area contributed by atoms with Crippen LogP contribution in [0.25, 0.3) is 0 Å². The number of unbranched alkanes of at least 4 members (excludes halogenated alkanes) is 1. The third-order valence-electron chi connectivity index (χ3n) is 4.53. The number of nitriles is 1. The van der Waals surface area contributed by atoms with Crippen LogP contribution in [0.4, 0.5) is 0 Å². The summed E-state index contributed by atoms with van der Waals surface area (Å²) < 4.78 is 0. The van der Waals surface area contributed by atoms with E-state index < -0.39 is 17.3 Å². The Morgan fingerprint density at radius 2 is 1.58 bits per heavy atom. The number of hydrogen-bond acceptors (Lipinski definition) is 2. The van der Waals surface area contributed by atoms with Crippen LogP contribution in [-0.2, 0) is 10.2 Å². The monoisotopic (exact) mass is 321 g/mol. The van der Waals surface area contributed by atoms with Crippen LogP contribution in [0.1, 0.15) is 43.7 Å². The van der Waals surface area contributed by atoms with Crippen molar-refractivity contribution < 1.29 is 9.90 Å². The highest BCUT2D eigenvalue weighted by Crippen LogP contribution is 2.39. The topological polar surface area (TPSA) is 61.1 Å². The molecule has 2 aromatic rings. The molecule has 0 fully saturated rings. The third-order valence-corrected chi connectivity index (χ3v) is 4.53. The van der Waals surface area contributed by atoms with Crippen molar-refractivity contribution in [3.63, 3.8) is 0 Å². The Labute approximate surface area is 143 Å². The molecule has 124 valence electrons. The Balaban J connectivity index is 2.50. The van der Waals surface area contributed by atoms with Crippen molar-refractivity contribution in [1.82, 2.24) is 0 Å². The minimum atomic E-state index is -0.945. The molecule has 1 unspecified atom stereocenters. The number of aliphatic carboxylic acids is 1. The van der Waals surface area contributed by atoms with E-state index in [2.05, 4.69) is 6.07 Å². The lowest BCUT2D eigenvalue weighted by atomic mass is 9.69. The third kappa shape index (κ3) is 3.83. The fraction of sp³-hybridized carbons (Fsp3) is 0.333. The standard InChI is InChI=1S/C21H23NO2/c1-2-3-10-17(20(23)24)15-21(16-22,18-11-6-4-7-12-18)19-13-8-5-9-14-19/h4-9,11-14,17H,2-3,10,15H2,1H3,(H,23,24). The summed E-state index contributed by atoms with van der Waals surface area (Å²) in [6.07, 6.45) is 2.67. The molecular weight excluding hydrogens is 298 g/mol. The molecule has 0 aliphatic carbocycles. The van der Waals surface area contributed by atoms with E-state index in [4.69, 9.17) is 0 Å². The van der Waals surface area contributed by atoms with Gasteiger partial charge in [-0.15, -0.1) is 0 Å². The maximum absolute atomic E-state index is 11.8. The molecule has 2 rings (SSSR count). The summed E-state index contributed by atoms with van der Waals surface area (Å²) >= 11 is 0. The van der Waals surface area contributed by atoms with E-state index in [0.717, 1.165) is 24.0 Å². The summed E-state index contributed by atoms with van der Waals surface area (Å²) in [5, 5.41) is 19.7. The van der Waals surface area contributed by atoms with Gasteiger partial charge in [-0.25, -0.2) is 0 Å². The first-order valence-corrected chi connectivity index (χ1v) is 8.39. The second-order valence-electron chi connectivity index (χ2n) is 6.13. The molecule has 3 heteroatoms. The average Bonchev–Trinajstić information content (AvgIpc) is 2.63. The summed E-state index contributed by atoms with van der Waals surface area (Å²) in [5.41, 5.74) is 0.752. The van der Waals surface area contributed by atoms with Crippen molar-refractivity contribution in [1.29, 1.82) is 5.26 Å². The highest BCUT2D eigenvalue weighted by molar-refractivity contribution is 5.70. The first-order valence-electron chi connectivity index (χ1n) is 8.39. The SMILES string of the molecule is CCCCC(CC(C#N)(c1ccccc1)c1ccccc1)C(=O)O. The largest absolute Gasteiger partial charge is 0.481 e. The maximum atomic E-state index is 11.8. The van der Waals surface area contributed by atoms with Gasteiger partial charge in [0.1, 0.15) is 5.41 Å². The highest BCUT2D eigenvalue weighted by Gasteiger charge is 2.38. The number of rotatable bonds is 8. The minimum Gasteiger partial charge on any atom is -0.481 e. The van der Waals surface area contributed by atoms with Gasteiger partial charge >= 0.3 is 5.97 Å². The van der Waals surface area contributed by atoms with Gasteiger partial charge in [-0.1, -0.05) is 80.4 Å². The van der Waals surface area contributed by atoms with Crippen LogP contribution in [0, 0.1) is 17.2 Å². The first kappa shape index (κ1) is 17.7. The summed E-state index contributed by atoms with van der Waals surface area (Å²) in [4.78, 5) is 11.8. The lowest BCUT2D eigenvalue weighted by molar-refractivity contribution is -0.142. The number of benzene rings is 2. The van der Waals surface area contributed by atoms with Crippen LogP contribution < -0.4 is 0 Å². The van der Waals surface area contributed by atoms with Crippen molar-refractivity contribution in [2.45, 2.75) is 38.0 Å². The second kappa shape index (κ2) is 8.31. The predicted octanol–water partition coefficient (Wildman–Crippen LogP) is 4.78. The van der Waals surface area contributed by atoms with E-state index >= 15 is 0 Å². The van der Waals surface area contributed by atoms with Crippen molar-refractivity contribution in [2.24, 2.45) is 5.92 Å². The average molecular weight is 321 g/mol. The van der Waals surface area contributed by atoms with Crippen molar-refractivity contribution in [2.75, 3.05) is 0 Å². The zero-order valence-corrected chi connectivity index (χ0v) is 14.0. The molecule has 3 nitrogen and oxygen atoms in total. The summed E-state index contributed by atoms with van der Waals surface area (Å²) in [5.74, 6) is -1.36. The summed E-state index contributed by atoms with van der Waals surface area (Å²) in [7, 11) is 0. The Hall–Kier alpha value is -2.60. The lowest BCUT2D eigenvalue weighted by Gasteiger charge is -2.30. The Kier molecular flexibility index (Phi) is 6.14. The Bertz CT molecular complexity index is 649. The molecule has 1 atom stereocenters. The number of nitrogens with zero attached hydrogens (tertiary/aromatic N) is 1. The van der Waals surface area contributed by atoms with Crippen LogP contribution in [-0.4, -0.2) is 11.1 Å². The van der Waals surface area contributed by atoms with Gasteiger partial charge in [-0.2, -0.15) is 5.26 Å². The van der Waals surface area contributed by atoms with Gasteiger partial charge in [-0.3, -0.25) is 4.79 Å². The number of carbonyl (C=O) groups is 1. The molecule has 0 bridgehead atoms. The van der Waals surface area contributed by atoms with E-state index in [1.165, 1.54) is 0 Å². The molecule has 1 N–H and O–H groups in total. The van der Waals surface area contributed by atoms with Gasteiger partial charge < -0.3 is 5.11 Å². The maximum Gasteiger partial charge on any atom is 0.306 e. The van der Waals surface area contributed by atoms with Gasteiger partial charge in [-0.05, 0) is 24.0 Å². The van der Waals surface area contributed by atoms with Gasteiger partial charge in [0.25, 0.3) is 0 Å². The number of hydrogen-bond donors (Lipinski definition) is 1. The Morgan fingerprint density at radius 3 is 1.96 bits per heavy atom. The summed E-state index contributed by atoms with van der Waals surface area (Å²) in [6.45, 7) is 2.05. The Morgan fingerprint density at radius 1 is 1.08 bits per heavy atom. The van der Waals surface area contributed by atoms with Crippen LogP contribution in [0.15, 0.2) is 60.7 Å². The van der Waals surface area contributed by atoms with Gasteiger partial charge in [0.15, 0.2) is 0 Å².